The molecule has 1 aromatic heterocycles. The molecular formula is C15H15BrN4O3S. The Bertz CT molecular complexity index is 968. The van der Waals surface area contributed by atoms with Gasteiger partial charge in [0.2, 0.25) is 10.0 Å². The van der Waals surface area contributed by atoms with Crippen molar-refractivity contribution in [2.24, 2.45) is 0 Å². The van der Waals surface area contributed by atoms with Crippen LogP contribution in [0.25, 0.3) is 11.0 Å². The molecule has 0 spiro atoms. The number of fused-ring (bicyclic) bond motifs is 1. The van der Waals surface area contributed by atoms with Crippen LogP contribution in [0.3, 0.4) is 0 Å². The Hall–Kier alpha value is -1.97. The smallest absolute Gasteiger partial charge is 0.242 e. The highest BCUT2D eigenvalue weighted by Crippen LogP contribution is 2.19. The summed E-state index contributed by atoms with van der Waals surface area (Å²) in [4.78, 5) is 7.04. The lowest BCUT2D eigenvalue weighted by atomic mass is 10.2. The van der Waals surface area contributed by atoms with Gasteiger partial charge in [-0.25, -0.2) is 12.7 Å². The number of nitrogens with zero attached hydrogens (tertiary/aromatic N) is 4. The van der Waals surface area contributed by atoms with Crippen molar-refractivity contribution in [2.45, 2.75) is 11.5 Å². The molecule has 24 heavy (non-hydrogen) atoms. The summed E-state index contributed by atoms with van der Waals surface area (Å²) in [7, 11) is -0.561. The minimum atomic E-state index is -3.53. The predicted octanol–water partition coefficient (Wildman–Crippen LogP) is 2.07. The summed E-state index contributed by atoms with van der Waals surface area (Å²) in [6.07, 6.45) is 0. The third-order valence-electron chi connectivity index (χ3n) is 3.43. The summed E-state index contributed by atoms with van der Waals surface area (Å²) in [6, 6.07) is 12.3. The molecule has 0 aliphatic carbocycles. The summed E-state index contributed by atoms with van der Waals surface area (Å²) in [5.74, 6) is 0. The van der Waals surface area contributed by atoms with Crippen LogP contribution in [-0.2, 0) is 16.6 Å². The average molecular weight is 411 g/mol. The predicted molar refractivity (Wildman–Crippen MR) is 92.8 cm³/mol. The molecule has 0 bridgehead atoms. The number of benzene rings is 2. The van der Waals surface area contributed by atoms with Crippen molar-refractivity contribution in [1.82, 2.24) is 19.5 Å². The van der Waals surface area contributed by atoms with Crippen LogP contribution in [0.1, 0.15) is 5.56 Å². The van der Waals surface area contributed by atoms with Gasteiger partial charge >= 0.3 is 0 Å². The van der Waals surface area contributed by atoms with Crippen LogP contribution >= 0.6 is 15.9 Å². The largest absolute Gasteiger partial charge is 0.390 e. The summed E-state index contributed by atoms with van der Waals surface area (Å²) in [5, 5.41) is 7.91. The molecule has 0 atom stereocenters. The van der Waals surface area contributed by atoms with Crippen LogP contribution in [-0.4, -0.2) is 42.0 Å². The van der Waals surface area contributed by atoms with Gasteiger partial charge in [-0.05, 0) is 41.1 Å². The van der Waals surface area contributed by atoms with E-state index in [2.05, 4.69) is 26.2 Å². The Kier molecular flexibility index (Phi) is 4.57. The van der Waals surface area contributed by atoms with Gasteiger partial charge in [-0.2, -0.15) is 0 Å². The highest BCUT2D eigenvalue weighted by molar-refractivity contribution is 9.10. The number of sulfonamides is 1. The number of hydrogen-bond acceptors (Lipinski definition) is 5. The van der Waals surface area contributed by atoms with E-state index in [1.54, 1.807) is 6.07 Å². The lowest BCUT2D eigenvalue weighted by Gasteiger charge is -2.11. The van der Waals surface area contributed by atoms with Gasteiger partial charge in [0, 0.05) is 18.6 Å². The molecule has 1 heterocycles. The molecule has 9 heteroatoms. The highest BCUT2D eigenvalue weighted by Gasteiger charge is 2.19. The first-order valence-electron chi connectivity index (χ1n) is 7.03. The van der Waals surface area contributed by atoms with Crippen molar-refractivity contribution in [3.63, 3.8) is 0 Å². The minimum Gasteiger partial charge on any atom is -0.390 e. The van der Waals surface area contributed by atoms with E-state index in [-0.39, 0.29) is 11.5 Å². The monoisotopic (exact) mass is 410 g/mol. The Labute approximate surface area is 148 Å². The second-order valence-corrected chi connectivity index (χ2v) is 8.37. The van der Waals surface area contributed by atoms with Gasteiger partial charge in [0.05, 0.1) is 4.90 Å². The number of halogens is 1. The van der Waals surface area contributed by atoms with Crippen LogP contribution in [0, 0.1) is 0 Å². The standard InChI is InChI=1S/C15H15BrN4O3S/c1-19(2)24(21,22)13-7-8-14-15(9-13)20(18-17-14)23-10-11-3-5-12(16)6-4-11/h3-9H,10H2,1-2H3. The maximum Gasteiger partial charge on any atom is 0.242 e. The zero-order valence-electron chi connectivity index (χ0n) is 13.0. The van der Waals surface area contributed by atoms with Crippen LogP contribution in [0.15, 0.2) is 51.8 Å². The topological polar surface area (TPSA) is 77.3 Å². The lowest BCUT2D eigenvalue weighted by Crippen LogP contribution is -2.22. The van der Waals surface area contributed by atoms with Gasteiger partial charge in [0.15, 0.2) is 0 Å². The van der Waals surface area contributed by atoms with E-state index in [1.807, 2.05) is 24.3 Å². The molecule has 3 aromatic rings. The molecule has 2 aromatic carbocycles. The van der Waals surface area contributed by atoms with E-state index in [0.717, 1.165) is 14.3 Å². The quantitative estimate of drug-likeness (QED) is 0.643. The summed E-state index contributed by atoms with van der Waals surface area (Å²) in [6.45, 7) is 0.288. The van der Waals surface area contributed by atoms with Gasteiger partial charge < -0.3 is 4.84 Å². The SMILES string of the molecule is CN(C)S(=O)(=O)c1ccc2nnn(OCc3ccc(Br)cc3)c2c1. The van der Waals surface area contributed by atoms with Gasteiger partial charge in [-0.3, -0.25) is 0 Å². The number of rotatable bonds is 5. The van der Waals surface area contributed by atoms with E-state index in [0.29, 0.717) is 11.0 Å². The van der Waals surface area contributed by atoms with Gasteiger partial charge in [0.1, 0.15) is 17.6 Å². The summed E-state index contributed by atoms with van der Waals surface area (Å²) < 4.78 is 26.6. The Balaban J connectivity index is 1.90. The number of hydrogen-bond donors (Lipinski definition) is 0. The van der Waals surface area contributed by atoms with Crippen LogP contribution in [0.2, 0.25) is 0 Å². The molecule has 0 aliphatic rings. The molecule has 0 fully saturated rings. The minimum absolute atomic E-state index is 0.163. The maximum absolute atomic E-state index is 12.3. The molecule has 0 unspecified atom stereocenters. The lowest BCUT2D eigenvalue weighted by molar-refractivity contribution is 0.0751. The van der Waals surface area contributed by atoms with Crippen molar-refractivity contribution >= 4 is 37.0 Å². The van der Waals surface area contributed by atoms with Gasteiger partial charge in [0.25, 0.3) is 0 Å². The van der Waals surface area contributed by atoms with Crippen molar-refractivity contribution < 1.29 is 13.3 Å². The van der Waals surface area contributed by atoms with Crippen molar-refractivity contribution in [2.75, 3.05) is 14.1 Å². The van der Waals surface area contributed by atoms with E-state index in [4.69, 9.17) is 4.84 Å². The zero-order valence-corrected chi connectivity index (χ0v) is 15.5. The van der Waals surface area contributed by atoms with E-state index >= 15 is 0 Å². The third-order valence-corrected chi connectivity index (χ3v) is 5.77. The normalized spacial score (nSPS) is 12.0. The Morgan fingerprint density at radius 1 is 1.17 bits per heavy atom. The second-order valence-electron chi connectivity index (χ2n) is 5.30. The van der Waals surface area contributed by atoms with E-state index < -0.39 is 10.0 Å². The summed E-state index contributed by atoms with van der Waals surface area (Å²) in [5.41, 5.74) is 2.01. The molecule has 0 amide bonds. The van der Waals surface area contributed by atoms with Crippen LogP contribution < -0.4 is 4.84 Å². The van der Waals surface area contributed by atoms with Gasteiger partial charge in [-0.1, -0.05) is 32.9 Å². The fourth-order valence-corrected chi connectivity index (χ4v) is 3.25. The molecule has 3 rings (SSSR count). The van der Waals surface area contributed by atoms with Crippen molar-refractivity contribution in [3.8, 4) is 0 Å². The van der Waals surface area contributed by atoms with E-state index in [1.165, 1.54) is 31.1 Å². The molecular weight excluding hydrogens is 396 g/mol. The molecule has 7 nitrogen and oxygen atoms in total. The molecule has 0 saturated heterocycles. The molecule has 0 aliphatic heterocycles. The van der Waals surface area contributed by atoms with Crippen molar-refractivity contribution in [3.05, 3.63) is 52.5 Å². The maximum atomic E-state index is 12.3. The summed E-state index contributed by atoms with van der Waals surface area (Å²) >= 11 is 3.38. The van der Waals surface area contributed by atoms with Crippen molar-refractivity contribution in [1.29, 1.82) is 0 Å². The van der Waals surface area contributed by atoms with Gasteiger partial charge in [-0.15, -0.1) is 5.10 Å². The fourth-order valence-electron chi connectivity index (χ4n) is 2.06. The Morgan fingerprint density at radius 2 is 1.88 bits per heavy atom. The van der Waals surface area contributed by atoms with E-state index in [9.17, 15) is 8.42 Å². The number of aromatic nitrogens is 3. The first-order valence-corrected chi connectivity index (χ1v) is 9.27. The molecule has 0 radical (unpaired) electrons. The molecule has 0 saturated carbocycles. The highest BCUT2D eigenvalue weighted by atomic mass is 79.9. The van der Waals surface area contributed by atoms with Crippen LogP contribution in [0.5, 0.6) is 0 Å². The first-order chi connectivity index (χ1) is 11.4. The third kappa shape index (κ3) is 3.28. The van der Waals surface area contributed by atoms with Crippen LogP contribution in [0.4, 0.5) is 0 Å². The molecule has 0 N–H and O–H groups in total. The average Bonchev–Trinajstić information content (AvgIpc) is 2.96. The molecule has 126 valence electrons. The first kappa shape index (κ1) is 16.9. The Morgan fingerprint density at radius 3 is 2.54 bits per heavy atom. The fraction of sp³-hybridized carbons (Fsp3) is 0.200. The second kappa shape index (κ2) is 6.50. The zero-order chi connectivity index (χ0) is 17.3.